The molecule has 124 valence electrons. The zero-order valence-corrected chi connectivity index (χ0v) is 14.2. The molecule has 0 saturated heterocycles. The predicted octanol–water partition coefficient (Wildman–Crippen LogP) is 4.19. The Hall–Kier alpha value is -2.82. The summed E-state index contributed by atoms with van der Waals surface area (Å²) in [6.45, 7) is 4.67. The molecular formula is C19H22N4O. The number of aromatic nitrogens is 2. The van der Waals surface area contributed by atoms with Gasteiger partial charge in [0.25, 0.3) is 0 Å². The van der Waals surface area contributed by atoms with Gasteiger partial charge < -0.3 is 14.6 Å². The van der Waals surface area contributed by atoms with Crippen molar-refractivity contribution in [3.8, 4) is 0 Å². The Bertz CT molecular complexity index is 768. The molecule has 0 saturated carbocycles. The Morgan fingerprint density at radius 2 is 1.75 bits per heavy atom. The fraction of sp³-hybridized carbons (Fsp3) is 0.263. The van der Waals surface area contributed by atoms with Crippen molar-refractivity contribution in [1.29, 1.82) is 0 Å². The van der Waals surface area contributed by atoms with E-state index in [1.165, 1.54) is 11.3 Å². The van der Waals surface area contributed by atoms with Crippen molar-refractivity contribution in [3.05, 3.63) is 71.9 Å². The van der Waals surface area contributed by atoms with Crippen LogP contribution in [0.25, 0.3) is 0 Å². The molecule has 0 spiro atoms. The monoisotopic (exact) mass is 322 g/mol. The van der Waals surface area contributed by atoms with Crippen LogP contribution in [0.1, 0.15) is 30.3 Å². The molecule has 3 rings (SSSR count). The highest BCUT2D eigenvalue weighted by Gasteiger charge is 2.12. The highest BCUT2D eigenvalue weighted by Crippen LogP contribution is 2.22. The third-order valence-corrected chi connectivity index (χ3v) is 3.87. The second-order valence-corrected chi connectivity index (χ2v) is 5.91. The molecule has 5 heteroatoms. The molecule has 0 aliphatic heterocycles. The quantitative estimate of drug-likeness (QED) is 0.737. The van der Waals surface area contributed by atoms with Gasteiger partial charge in [-0.05, 0) is 36.8 Å². The minimum absolute atomic E-state index is 0.0286. The van der Waals surface area contributed by atoms with E-state index in [0.717, 1.165) is 12.2 Å². The smallest absolute Gasteiger partial charge is 0.238 e. The van der Waals surface area contributed by atoms with Crippen LogP contribution in [0.3, 0.4) is 0 Å². The van der Waals surface area contributed by atoms with E-state index >= 15 is 0 Å². The topological polar surface area (TPSA) is 54.2 Å². The molecular weight excluding hydrogens is 300 g/mol. The average Bonchev–Trinajstić information content (AvgIpc) is 3.03. The van der Waals surface area contributed by atoms with E-state index in [4.69, 9.17) is 4.42 Å². The van der Waals surface area contributed by atoms with E-state index in [9.17, 15) is 0 Å². The predicted molar refractivity (Wildman–Crippen MR) is 96.1 cm³/mol. The zero-order chi connectivity index (χ0) is 16.9. The Kier molecular flexibility index (Phi) is 4.79. The SMILES string of the molecule is Cc1nnc(C(C)Nc2ccc(N(C)Cc3ccccc3)cc2)o1. The maximum absolute atomic E-state index is 5.45. The van der Waals surface area contributed by atoms with Crippen molar-refractivity contribution in [2.75, 3.05) is 17.3 Å². The van der Waals surface area contributed by atoms with Gasteiger partial charge in [0.15, 0.2) is 0 Å². The number of nitrogens with one attached hydrogen (secondary N) is 1. The summed E-state index contributed by atoms with van der Waals surface area (Å²) >= 11 is 0. The zero-order valence-electron chi connectivity index (χ0n) is 14.2. The summed E-state index contributed by atoms with van der Waals surface area (Å²) < 4.78 is 5.45. The van der Waals surface area contributed by atoms with Gasteiger partial charge in [-0.1, -0.05) is 30.3 Å². The molecule has 1 aromatic heterocycles. The lowest BCUT2D eigenvalue weighted by Gasteiger charge is -2.20. The highest BCUT2D eigenvalue weighted by atomic mass is 16.4. The van der Waals surface area contributed by atoms with Crippen LogP contribution in [-0.2, 0) is 6.54 Å². The number of anilines is 2. The van der Waals surface area contributed by atoms with Crippen molar-refractivity contribution < 1.29 is 4.42 Å². The van der Waals surface area contributed by atoms with Gasteiger partial charge in [-0.15, -0.1) is 10.2 Å². The lowest BCUT2D eigenvalue weighted by atomic mass is 10.2. The fourth-order valence-corrected chi connectivity index (χ4v) is 2.56. The summed E-state index contributed by atoms with van der Waals surface area (Å²) in [5.41, 5.74) is 3.49. The Morgan fingerprint density at radius 3 is 2.38 bits per heavy atom. The molecule has 24 heavy (non-hydrogen) atoms. The lowest BCUT2D eigenvalue weighted by molar-refractivity contribution is 0.451. The number of hydrogen-bond donors (Lipinski definition) is 1. The second-order valence-electron chi connectivity index (χ2n) is 5.91. The van der Waals surface area contributed by atoms with Gasteiger partial charge in [0, 0.05) is 31.9 Å². The summed E-state index contributed by atoms with van der Waals surface area (Å²) in [6.07, 6.45) is 0. The first kappa shape index (κ1) is 16.1. The number of aryl methyl sites for hydroxylation is 1. The van der Waals surface area contributed by atoms with Crippen LogP contribution in [-0.4, -0.2) is 17.2 Å². The molecule has 0 bridgehead atoms. The maximum atomic E-state index is 5.45. The van der Waals surface area contributed by atoms with Crippen molar-refractivity contribution in [2.45, 2.75) is 26.4 Å². The van der Waals surface area contributed by atoms with Crippen LogP contribution in [0.15, 0.2) is 59.0 Å². The van der Waals surface area contributed by atoms with Crippen LogP contribution in [0, 0.1) is 6.92 Å². The number of nitrogens with zero attached hydrogens (tertiary/aromatic N) is 3. The molecule has 1 heterocycles. The van der Waals surface area contributed by atoms with Crippen molar-refractivity contribution in [3.63, 3.8) is 0 Å². The summed E-state index contributed by atoms with van der Waals surface area (Å²) in [7, 11) is 2.10. The minimum atomic E-state index is -0.0286. The van der Waals surface area contributed by atoms with Gasteiger partial charge in [0.1, 0.15) is 6.04 Å². The highest BCUT2D eigenvalue weighted by molar-refractivity contribution is 5.55. The molecule has 5 nitrogen and oxygen atoms in total. The first-order chi connectivity index (χ1) is 11.6. The van der Waals surface area contributed by atoms with Crippen LogP contribution in [0.2, 0.25) is 0 Å². The fourth-order valence-electron chi connectivity index (χ4n) is 2.56. The second kappa shape index (κ2) is 7.17. The first-order valence-corrected chi connectivity index (χ1v) is 8.03. The Morgan fingerprint density at radius 1 is 1.04 bits per heavy atom. The van der Waals surface area contributed by atoms with Gasteiger partial charge in [-0.3, -0.25) is 0 Å². The lowest BCUT2D eigenvalue weighted by Crippen LogP contribution is -2.16. The summed E-state index contributed by atoms with van der Waals surface area (Å²) in [6, 6.07) is 18.8. The molecule has 1 unspecified atom stereocenters. The van der Waals surface area contributed by atoms with Crippen molar-refractivity contribution >= 4 is 11.4 Å². The van der Waals surface area contributed by atoms with E-state index in [-0.39, 0.29) is 6.04 Å². The third kappa shape index (κ3) is 3.93. The largest absolute Gasteiger partial charge is 0.423 e. The standard InChI is InChI=1S/C19H22N4O/c1-14(19-22-21-15(2)24-19)20-17-9-11-18(12-10-17)23(3)13-16-7-5-4-6-8-16/h4-12,14,20H,13H2,1-3H3. The summed E-state index contributed by atoms with van der Waals surface area (Å²) in [4.78, 5) is 2.23. The van der Waals surface area contributed by atoms with Gasteiger partial charge in [-0.2, -0.15) is 0 Å². The number of rotatable bonds is 6. The van der Waals surface area contributed by atoms with Gasteiger partial charge in [0.2, 0.25) is 11.8 Å². The van der Waals surface area contributed by atoms with Crippen LogP contribution in [0.5, 0.6) is 0 Å². The van der Waals surface area contributed by atoms with E-state index < -0.39 is 0 Å². The number of hydrogen-bond acceptors (Lipinski definition) is 5. The summed E-state index contributed by atoms with van der Waals surface area (Å²) in [5, 5.41) is 11.3. The van der Waals surface area contributed by atoms with E-state index in [0.29, 0.717) is 11.8 Å². The summed E-state index contributed by atoms with van der Waals surface area (Å²) in [5.74, 6) is 1.18. The van der Waals surface area contributed by atoms with Crippen molar-refractivity contribution in [1.82, 2.24) is 10.2 Å². The Balaban J connectivity index is 1.62. The Labute approximate surface area is 142 Å². The molecule has 0 amide bonds. The van der Waals surface area contributed by atoms with Crippen LogP contribution >= 0.6 is 0 Å². The first-order valence-electron chi connectivity index (χ1n) is 8.03. The average molecular weight is 322 g/mol. The molecule has 0 fully saturated rings. The minimum Gasteiger partial charge on any atom is -0.423 e. The normalized spacial score (nSPS) is 12.0. The molecule has 1 atom stereocenters. The van der Waals surface area contributed by atoms with E-state index in [1.54, 1.807) is 6.92 Å². The maximum Gasteiger partial charge on any atom is 0.238 e. The van der Waals surface area contributed by atoms with Gasteiger partial charge in [0.05, 0.1) is 0 Å². The number of benzene rings is 2. The molecule has 0 radical (unpaired) electrons. The van der Waals surface area contributed by atoms with E-state index in [2.05, 4.69) is 76.0 Å². The van der Waals surface area contributed by atoms with Crippen LogP contribution < -0.4 is 10.2 Å². The molecule has 3 aromatic rings. The molecule has 0 aliphatic rings. The van der Waals surface area contributed by atoms with Gasteiger partial charge >= 0.3 is 0 Å². The van der Waals surface area contributed by atoms with Crippen LogP contribution in [0.4, 0.5) is 11.4 Å². The molecule has 2 aromatic carbocycles. The van der Waals surface area contributed by atoms with E-state index in [1.807, 2.05) is 13.0 Å². The van der Waals surface area contributed by atoms with Gasteiger partial charge in [-0.25, -0.2) is 0 Å². The van der Waals surface area contributed by atoms with Crippen molar-refractivity contribution in [2.24, 2.45) is 0 Å². The molecule has 1 N–H and O–H groups in total. The molecule has 0 aliphatic carbocycles. The third-order valence-electron chi connectivity index (χ3n) is 3.87.